The van der Waals surface area contributed by atoms with E-state index in [0.29, 0.717) is 31.2 Å². The van der Waals surface area contributed by atoms with E-state index in [1.54, 1.807) is 22.5 Å². The Kier molecular flexibility index (Phi) is 5.75. The molecule has 5 nitrogen and oxygen atoms in total. The molecule has 21 heavy (non-hydrogen) atoms. The molecule has 1 unspecified atom stereocenters. The molecule has 0 bridgehead atoms. The summed E-state index contributed by atoms with van der Waals surface area (Å²) < 4.78 is 32.6. The highest BCUT2D eigenvalue weighted by Crippen LogP contribution is 2.22. The Balaban J connectivity index is 2.25. The molecular formula is C15H24N2O3S. The van der Waals surface area contributed by atoms with E-state index < -0.39 is 10.0 Å². The first-order valence-electron chi connectivity index (χ1n) is 7.48. The number of sulfonamides is 1. The molecule has 1 saturated heterocycles. The van der Waals surface area contributed by atoms with Crippen LogP contribution in [0.5, 0.6) is 0 Å². The first kappa shape index (κ1) is 16.4. The molecule has 0 saturated carbocycles. The maximum atomic E-state index is 12.8. The van der Waals surface area contributed by atoms with Crippen molar-refractivity contribution in [2.45, 2.75) is 37.8 Å². The standard InChI is InChI=1S/C15H24N2O3S/c1-3-14-12-20-9-8-17(14)21(18,19)15-7-5-6-13(10-15)11-16-4-2/h5-7,10,14,16H,3-4,8-9,11-12H2,1-2H3. The monoisotopic (exact) mass is 312 g/mol. The first-order chi connectivity index (χ1) is 10.1. The highest BCUT2D eigenvalue weighted by molar-refractivity contribution is 7.89. The van der Waals surface area contributed by atoms with Crippen LogP contribution in [-0.4, -0.2) is 45.1 Å². The predicted molar refractivity (Wildman–Crippen MR) is 82.6 cm³/mol. The smallest absolute Gasteiger partial charge is 0.243 e. The lowest BCUT2D eigenvalue weighted by atomic mass is 10.2. The van der Waals surface area contributed by atoms with Crippen molar-refractivity contribution in [3.63, 3.8) is 0 Å². The Bertz CT molecular complexity index is 560. The molecule has 1 aliphatic heterocycles. The lowest BCUT2D eigenvalue weighted by molar-refractivity contribution is 0.0314. The molecule has 0 radical (unpaired) electrons. The summed E-state index contributed by atoms with van der Waals surface area (Å²) in [4.78, 5) is 0.373. The van der Waals surface area contributed by atoms with Gasteiger partial charge in [-0.15, -0.1) is 0 Å². The fraction of sp³-hybridized carbons (Fsp3) is 0.600. The molecule has 0 amide bonds. The molecule has 0 aromatic heterocycles. The van der Waals surface area contributed by atoms with Crippen LogP contribution >= 0.6 is 0 Å². The third-order valence-electron chi connectivity index (χ3n) is 3.73. The molecule has 0 spiro atoms. The number of rotatable bonds is 6. The van der Waals surface area contributed by atoms with Gasteiger partial charge in [-0.2, -0.15) is 4.31 Å². The summed E-state index contributed by atoms with van der Waals surface area (Å²) in [5.41, 5.74) is 0.985. The zero-order valence-corrected chi connectivity index (χ0v) is 13.5. The lowest BCUT2D eigenvalue weighted by Crippen LogP contribution is -2.48. The summed E-state index contributed by atoms with van der Waals surface area (Å²) in [6.07, 6.45) is 0.760. The van der Waals surface area contributed by atoms with Crippen LogP contribution in [0.15, 0.2) is 29.2 Å². The molecule has 1 aliphatic rings. The molecule has 1 heterocycles. The molecule has 1 aromatic carbocycles. The summed E-state index contributed by atoms with van der Waals surface area (Å²) >= 11 is 0. The van der Waals surface area contributed by atoms with Gasteiger partial charge in [0.05, 0.1) is 18.1 Å². The van der Waals surface area contributed by atoms with Crippen LogP contribution in [0.25, 0.3) is 0 Å². The van der Waals surface area contributed by atoms with Gasteiger partial charge in [0.25, 0.3) is 0 Å². The van der Waals surface area contributed by atoms with Crippen molar-refractivity contribution in [2.24, 2.45) is 0 Å². The SMILES string of the molecule is CCNCc1cccc(S(=O)(=O)N2CCOCC2CC)c1. The highest BCUT2D eigenvalue weighted by atomic mass is 32.2. The van der Waals surface area contributed by atoms with Crippen LogP contribution < -0.4 is 5.32 Å². The fourth-order valence-corrected chi connectivity index (χ4v) is 4.24. The van der Waals surface area contributed by atoms with Crippen LogP contribution in [0.4, 0.5) is 0 Å². The van der Waals surface area contributed by atoms with Gasteiger partial charge in [-0.25, -0.2) is 8.42 Å². The minimum atomic E-state index is -3.45. The quantitative estimate of drug-likeness (QED) is 0.867. The Labute approximate surface area is 127 Å². The number of morpholine rings is 1. The molecule has 1 aromatic rings. The first-order valence-corrected chi connectivity index (χ1v) is 8.92. The van der Waals surface area contributed by atoms with Gasteiger partial charge in [-0.3, -0.25) is 0 Å². The second-order valence-corrected chi connectivity index (χ2v) is 7.07. The average Bonchev–Trinajstić information content (AvgIpc) is 2.53. The largest absolute Gasteiger partial charge is 0.378 e. The molecular weight excluding hydrogens is 288 g/mol. The van der Waals surface area contributed by atoms with Gasteiger partial charge in [-0.05, 0) is 30.7 Å². The predicted octanol–water partition coefficient (Wildman–Crippen LogP) is 1.60. The van der Waals surface area contributed by atoms with E-state index >= 15 is 0 Å². The van der Waals surface area contributed by atoms with Gasteiger partial charge in [0, 0.05) is 19.1 Å². The van der Waals surface area contributed by atoms with E-state index in [0.717, 1.165) is 18.5 Å². The summed E-state index contributed by atoms with van der Waals surface area (Å²) in [5, 5.41) is 3.21. The second kappa shape index (κ2) is 7.35. The zero-order valence-electron chi connectivity index (χ0n) is 12.7. The van der Waals surface area contributed by atoms with Crippen molar-refractivity contribution < 1.29 is 13.2 Å². The third kappa shape index (κ3) is 3.83. The molecule has 2 rings (SSSR count). The minimum absolute atomic E-state index is 0.0684. The van der Waals surface area contributed by atoms with Gasteiger partial charge < -0.3 is 10.1 Å². The Morgan fingerprint density at radius 3 is 2.90 bits per heavy atom. The summed E-state index contributed by atoms with van der Waals surface area (Å²) in [6, 6.07) is 7.12. The number of hydrogen-bond acceptors (Lipinski definition) is 4. The van der Waals surface area contributed by atoms with Crippen molar-refractivity contribution in [3.05, 3.63) is 29.8 Å². The molecule has 1 atom stereocenters. The Morgan fingerprint density at radius 2 is 2.19 bits per heavy atom. The van der Waals surface area contributed by atoms with E-state index in [-0.39, 0.29) is 6.04 Å². The summed E-state index contributed by atoms with van der Waals surface area (Å²) in [5.74, 6) is 0. The summed E-state index contributed by atoms with van der Waals surface area (Å²) in [7, 11) is -3.45. The molecule has 0 aliphatic carbocycles. The van der Waals surface area contributed by atoms with E-state index in [4.69, 9.17) is 4.74 Å². The maximum Gasteiger partial charge on any atom is 0.243 e. The molecule has 6 heteroatoms. The Morgan fingerprint density at radius 1 is 1.38 bits per heavy atom. The summed E-state index contributed by atoms with van der Waals surface area (Å²) in [6.45, 7) is 6.93. The Hall–Kier alpha value is -0.950. The van der Waals surface area contributed by atoms with Crippen LogP contribution in [0.2, 0.25) is 0 Å². The molecule has 1 fully saturated rings. The van der Waals surface area contributed by atoms with Gasteiger partial charge in [0.2, 0.25) is 10.0 Å². The van der Waals surface area contributed by atoms with E-state index in [2.05, 4.69) is 5.32 Å². The van der Waals surface area contributed by atoms with Crippen molar-refractivity contribution in [1.82, 2.24) is 9.62 Å². The maximum absolute atomic E-state index is 12.8. The van der Waals surface area contributed by atoms with Gasteiger partial charge in [-0.1, -0.05) is 26.0 Å². The fourth-order valence-electron chi connectivity index (χ4n) is 2.50. The van der Waals surface area contributed by atoms with Gasteiger partial charge in [0.1, 0.15) is 0 Å². The van der Waals surface area contributed by atoms with Crippen molar-refractivity contribution in [3.8, 4) is 0 Å². The van der Waals surface area contributed by atoms with Crippen LogP contribution in [0.1, 0.15) is 25.8 Å². The van der Waals surface area contributed by atoms with Crippen molar-refractivity contribution in [2.75, 3.05) is 26.3 Å². The van der Waals surface area contributed by atoms with Gasteiger partial charge >= 0.3 is 0 Å². The normalized spacial score (nSPS) is 20.6. The topological polar surface area (TPSA) is 58.6 Å². The molecule has 118 valence electrons. The van der Waals surface area contributed by atoms with Gasteiger partial charge in [0.15, 0.2) is 0 Å². The number of benzene rings is 1. The minimum Gasteiger partial charge on any atom is -0.378 e. The van der Waals surface area contributed by atoms with Crippen LogP contribution in [0, 0.1) is 0 Å². The van der Waals surface area contributed by atoms with E-state index in [1.807, 2.05) is 19.9 Å². The highest BCUT2D eigenvalue weighted by Gasteiger charge is 2.33. The van der Waals surface area contributed by atoms with Crippen molar-refractivity contribution in [1.29, 1.82) is 0 Å². The van der Waals surface area contributed by atoms with E-state index in [9.17, 15) is 8.42 Å². The third-order valence-corrected chi connectivity index (χ3v) is 5.68. The average molecular weight is 312 g/mol. The van der Waals surface area contributed by atoms with Crippen LogP contribution in [-0.2, 0) is 21.3 Å². The number of ether oxygens (including phenoxy) is 1. The second-order valence-electron chi connectivity index (χ2n) is 5.18. The number of hydrogen-bond donors (Lipinski definition) is 1. The van der Waals surface area contributed by atoms with Crippen LogP contribution in [0.3, 0.4) is 0 Å². The van der Waals surface area contributed by atoms with Crippen molar-refractivity contribution >= 4 is 10.0 Å². The lowest BCUT2D eigenvalue weighted by Gasteiger charge is -2.34. The number of nitrogens with zero attached hydrogens (tertiary/aromatic N) is 1. The number of nitrogens with one attached hydrogen (secondary N) is 1. The molecule has 1 N–H and O–H groups in total. The van der Waals surface area contributed by atoms with E-state index in [1.165, 1.54) is 0 Å². The zero-order chi connectivity index (χ0) is 15.3.